The van der Waals surface area contributed by atoms with E-state index in [-0.39, 0.29) is 18.9 Å². The molecular weight excluding hydrogens is 494 g/mol. The molecule has 0 aliphatic heterocycles. The van der Waals surface area contributed by atoms with Gasteiger partial charge in [-0.15, -0.1) is 0 Å². The molecule has 39 heavy (non-hydrogen) atoms. The normalized spacial score (nSPS) is 18.6. The number of nitrogens with zero attached hydrogens (tertiary/aromatic N) is 1. The number of amides is 2. The molecule has 1 aliphatic rings. The Labute approximate surface area is 231 Å². The Balaban J connectivity index is 1.89. The van der Waals surface area contributed by atoms with Crippen LogP contribution in [0.2, 0.25) is 0 Å². The van der Waals surface area contributed by atoms with Crippen LogP contribution in [-0.4, -0.2) is 54.7 Å². The second-order valence-electron chi connectivity index (χ2n) is 10.4. The molecule has 212 valence electrons. The zero-order chi connectivity index (χ0) is 28.4. The zero-order valence-corrected chi connectivity index (χ0v) is 23.6. The van der Waals surface area contributed by atoms with Crippen LogP contribution in [0.25, 0.3) is 0 Å². The van der Waals surface area contributed by atoms with E-state index in [1.54, 1.807) is 19.6 Å². The van der Waals surface area contributed by atoms with Crippen molar-refractivity contribution in [3.05, 3.63) is 77.3 Å². The van der Waals surface area contributed by atoms with Gasteiger partial charge >= 0.3 is 0 Å². The summed E-state index contributed by atoms with van der Waals surface area (Å²) in [6.07, 6.45) is 8.13. The highest BCUT2D eigenvalue weighted by molar-refractivity contribution is 5.96. The number of aliphatic hydroxyl groups is 1. The molecule has 2 aromatic rings. The fourth-order valence-electron chi connectivity index (χ4n) is 5.53. The van der Waals surface area contributed by atoms with Gasteiger partial charge in [-0.1, -0.05) is 43.7 Å². The largest absolute Gasteiger partial charge is 0.497 e. The van der Waals surface area contributed by atoms with Gasteiger partial charge in [-0.2, -0.15) is 0 Å². The number of ether oxygens (including phenoxy) is 1. The van der Waals surface area contributed by atoms with Gasteiger partial charge in [0.05, 0.1) is 31.2 Å². The molecule has 3 atom stereocenters. The van der Waals surface area contributed by atoms with E-state index in [0.717, 1.165) is 35.3 Å². The van der Waals surface area contributed by atoms with Crippen molar-refractivity contribution in [2.24, 2.45) is 17.1 Å². The summed E-state index contributed by atoms with van der Waals surface area (Å²) in [5.41, 5.74) is 8.07. The smallest absolute Gasteiger partial charge is 0.249 e. The van der Waals surface area contributed by atoms with Gasteiger partial charge in [0.25, 0.3) is 0 Å². The molecule has 4 N–H and O–H groups in total. The number of hydrogen-bond donors (Lipinski definition) is 3. The molecule has 8 heteroatoms. The average Bonchev–Trinajstić information content (AvgIpc) is 3.44. The fraction of sp³-hybridized carbons (Fsp3) is 0.484. The Morgan fingerprint density at radius 1 is 1.21 bits per heavy atom. The molecule has 0 spiro atoms. The predicted molar refractivity (Wildman–Crippen MR) is 152 cm³/mol. The first-order valence-corrected chi connectivity index (χ1v) is 13.8. The minimum atomic E-state index is -1.25. The molecule has 3 rings (SSSR count). The minimum Gasteiger partial charge on any atom is -0.497 e. The van der Waals surface area contributed by atoms with Crippen LogP contribution >= 0.6 is 0 Å². The maximum absolute atomic E-state index is 13.6. The lowest BCUT2D eigenvalue weighted by Crippen LogP contribution is -2.51. The van der Waals surface area contributed by atoms with Crippen molar-refractivity contribution in [3.63, 3.8) is 0 Å². The first kappa shape index (κ1) is 30.2. The van der Waals surface area contributed by atoms with E-state index < -0.39 is 23.3 Å². The highest BCUT2D eigenvalue weighted by Crippen LogP contribution is 2.44. The monoisotopic (exact) mass is 537 g/mol. The number of primary amides is 1. The average molecular weight is 538 g/mol. The number of methoxy groups -OCH3 is 1. The fourth-order valence-corrected chi connectivity index (χ4v) is 5.53. The topological polar surface area (TPSA) is 118 Å². The quantitative estimate of drug-likeness (QED) is 0.316. The lowest BCUT2D eigenvalue weighted by molar-refractivity contribution is -0.132. The molecule has 0 fully saturated rings. The van der Waals surface area contributed by atoms with E-state index in [1.807, 2.05) is 68.2 Å². The van der Waals surface area contributed by atoms with Crippen LogP contribution in [0.5, 0.6) is 5.75 Å². The van der Waals surface area contributed by atoms with Gasteiger partial charge in [-0.3, -0.25) is 9.59 Å². The van der Waals surface area contributed by atoms with Crippen molar-refractivity contribution in [3.8, 4) is 5.75 Å². The van der Waals surface area contributed by atoms with Gasteiger partial charge in [0.15, 0.2) is 0 Å². The van der Waals surface area contributed by atoms with Crippen LogP contribution in [0.15, 0.2) is 70.6 Å². The molecule has 1 aromatic heterocycles. The second kappa shape index (κ2) is 14.1. The van der Waals surface area contributed by atoms with Crippen LogP contribution in [0, 0.1) is 11.3 Å². The first-order valence-electron chi connectivity index (χ1n) is 13.8. The Morgan fingerprint density at radius 3 is 2.56 bits per heavy atom. The highest BCUT2D eigenvalue weighted by atomic mass is 16.5. The van der Waals surface area contributed by atoms with E-state index in [1.165, 1.54) is 0 Å². The lowest BCUT2D eigenvalue weighted by Gasteiger charge is -2.41. The SMILES string of the molecule is CCCN(CCC)C(=O)C1=CC(C)=CC(C(N)=O)([C@H](Cc2ccoc2)[C@@H](O)CNCc2cccc(OC)c2)C1. The summed E-state index contributed by atoms with van der Waals surface area (Å²) < 4.78 is 10.6. The molecule has 1 aromatic carbocycles. The van der Waals surface area contributed by atoms with Gasteiger partial charge < -0.3 is 30.2 Å². The first-order chi connectivity index (χ1) is 18.7. The van der Waals surface area contributed by atoms with Crippen molar-refractivity contribution in [2.75, 3.05) is 26.7 Å². The number of carbonyl (C=O) groups is 2. The number of carbonyl (C=O) groups excluding carboxylic acids is 2. The standard InChI is InChI=1S/C31H43N3O5/c1-5-11-34(12-6-2)29(36)25-14-22(3)17-31(18-25,30(32)37)27(16-24-10-13-39-21-24)28(35)20-33-19-23-8-7-9-26(15-23)38-4/h7-10,13-15,17,21,27-28,33,35H,5-6,11-12,16,18-20H2,1-4H3,(H2,32,37)/t27-,28+,31?/m1/s1. The van der Waals surface area contributed by atoms with Gasteiger partial charge in [-0.05, 0) is 61.9 Å². The Morgan fingerprint density at radius 2 is 1.95 bits per heavy atom. The number of allylic oxidation sites excluding steroid dienone is 2. The van der Waals surface area contributed by atoms with Crippen LogP contribution in [-0.2, 0) is 22.6 Å². The molecule has 0 bridgehead atoms. The second-order valence-corrected chi connectivity index (χ2v) is 10.4. The van der Waals surface area contributed by atoms with Gasteiger partial charge in [0.1, 0.15) is 5.75 Å². The van der Waals surface area contributed by atoms with E-state index in [9.17, 15) is 14.7 Å². The van der Waals surface area contributed by atoms with Gasteiger partial charge in [-0.25, -0.2) is 0 Å². The Kier molecular flexibility index (Phi) is 10.9. The third-order valence-corrected chi connectivity index (χ3v) is 7.36. The molecule has 8 nitrogen and oxygen atoms in total. The summed E-state index contributed by atoms with van der Waals surface area (Å²) in [7, 11) is 1.62. The third-order valence-electron chi connectivity index (χ3n) is 7.36. The molecule has 0 radical (unpaired) electrons. The van der Waals surface area contributed by atoms with Crippen molar-refractivity contribution in [2.45, 2.75) is 59.1 Å². The number of nitrogens with two attached hydrogens (primary N) is 1. The number of rotatable bonds is 15. The summed E-state index contributed by atoms with van der Waals surface area (Å²) in [5.74, 6) is -0.474. The Bertz CT molecular complexity index is 1150. The molecule has 1 heterocycles. The molecular formula is C31H43N3O5. The molecule has 1 unspecified atom stereocenters. The Hall–Kier alpha value is -3.36. The maximum atomic E-state index is 13.6. The minimum absolute atomic E-state index is 0.0792. The van der Waals surface area contributed by atoms with Crippen molar-refractivity contribution >= 4 is 11.8 Å². The number of benzene rings is 1. The predicted octanol–water partition coefficient (Wildman–Crippen LogP) is 3.99. The number of furan rings is 1. The summed E-state index contributed by atoms with van der Waals surface area (Å²) >= 11 is 0. The molecule has 2 amide bonds. The highest BCUT2D eigenvalue weighted by Gasteiger charge is 2.48. The lowest BCUT2D eigenvalue weighted by atomic mass is 9.63. The van der Waals surface area contributed by atoms with Gasteiger partial charge in [0.2, 0.25) is 11.8 Å². The van der Waals surface area contributed by atoms with Crippen LogP contribution in [0.1, 0.15) is 51.2 Å². The summed E-state index contributed by atoms with van der Waals surface area (Å²) in [4.78, 5) is 28.8. The van der Waals surface area contributed by atoms with Crippen LogP contribution < -0.4 is 15.8 Å². The van der Waals surface area contributed by atoms with Crippen LogP contribution in [0.3, 0.4) is 0 Å². The summed E-state index contributed by atoms with van der Waals surface area (Å²) in [6, 6.07) is 9.52. The van der Waals surface area contributed by atoms with Crippen molar-refractivity contribution < 1.29 is 23.8 Å². The van der Waals surface area contributed by atoms with E-state index in [4.69, 9.17) is 14.9 Å². The van der Waals surface area contributed by atoms with Crippen molar-refractivity contribution in [1.82, 2.24) is 10.2 Å². The van der Waals surface area contributed by atoms with E-state index in [0.29, 0.717) is 31.6 Å². The number of aliphatic hydroxyl groups excluding tert-OH is 1. The van der Waals surface area contributed by atoms with Crippen molar-refractivity contribution in [1.29, 1.82) is 0 Å². The summed E-state index contributed by atoms with van der Waals surface area (Å²) in [5, 5.41) is 14.9. The molecule has 0 saturated carbocycles. The van der Waals surface area contributed by atoms with Gasteiger partial charge in [0, 0.05) is 37.7 Å². The third kappa shape index (κ3) is 7.61. The zero-order valence-electron chi connectivity index (χ0n) is 23.6. The maximum Gasteiger partial charge on any atom is 0.249 e. The summed E-state index contributed by atoms with van der Waals surface area (Å²) in [6.45, 7) is 7.98. The number of hydrogen-bond acceptors (Lipinski definition) is 6. The number of nitrogens with one attached hydrogen (secondary N) is 1. The molecule has 1 aliphatic carbocycles. The van der Waals surface area contributed by atoms with E-state index in [2.05, 4.69) is 5.32 Å². The van der Waals surface area contributed by atoms with E-state index >= 15 is 0 Å². The van der Waals surface area contributed by atoms with Crippen LogP contribution in [0.4, 0.5) is 0 Å². The molecule has 0 saturated heterocycles.